The van der Waals surface area contributed by atoms with Gasteiger partial charge in [0.15, 0.2) is 0 Å². The van der Waals surface area contributed by atoms with Crippen LogP contribution in [-0.4, -0.2) is 0 Å². The van der Waals surface area contributed by atoms with Gasteiger partial charge in [-0.2, -0.15) is 0 Å². The number of hydrogen-bond donors (Lipinski definition) is 0. The summed E-state index contributed by atoms with van der Waals surface area (Å²) >= 11 is 0. The zero-order valence-electron chi connectivity index (χ0n) is 38.2. The lowest BCUT2D eigenvalue weighted by molar-refractivity contribution is 1.42. The lowest BCUT2D eigenvalue weighted by atomic mass is 9.78. The zero-order valence-corrected chi connectivity index (χ0v) is 38.2. The van der Waals surface area contributed by atoms with Crippen LogP contribution in [0.5, 0.6) is 0 Å². The Bertz CT molecular complexity index is 3870. The Morgan fingerprint density at radius 3 is 1.28 bits per heavy atom. The fourth-order valence-corrected chi connectivity index (χ4v) is 11.0. The molecule has 0 N–H and O–H groups in total. The molecule has 0 fully saturated rings. The Morgan fingerprint density at radius 2 is 0.706 bits per heavy atom. The van der Waals surface area contributed by atoms with E-state index in [4.69, 9.17) is 0 Å². The van der Waals surface area contributed by atoms with Crippen LogP contribution in [0.3, 0.4) is 0 Å². The molecule has 0 aliphatic carbocycles. The van der Waals surface area contributed by atoms with Gasteiger partial charge in [-0.25, -0.2) is 0 Å². The Hall–Kier alpha value is -8.58. The summed E-state index contributed by atoms with van der Waals surface area (Å²) in [6, 6.07) is 91.8. The van der Waals surface area contributed by atoms with Crippen LogP contribution >= 0.6 is 0 Å². The number of fused-ring (bicyclic) bond motifs is 4. The third-order valence-corrected chi connectivity index (χ3v) is 14.0. The molecule has 12 aromatic rings. The molecule has 0 amide bonds. The summed E-state index contributed by atoms with van der Waals surface area (Å²) in [6.45, 7) is 4.41. The predicted octanol–water partition coefficient (Wildman–Crippen LogP) is 19.1. The average molecular weight is 865 g/mol. The van der Waals surface area contributed by atoms with Gasteiger partial charge in [-0.1, -0.05) is 243 Å². The second-order valence-electron chi connectivity index (χ2n) is 17.8. The molecule has 0 nitrogen and oxygen atoms in total. The monoisotopic (exact) mass is 864 g/mol. The van der Waals surface area contributed by atoms with Crippen LogP contribution in [0, 0.1) is 6.92 Å². The van der Waals surface area contributed by atoms with Gasteiger partial charge in [0, 0.05) is 0 Å². The van der Waals surface area contributed by atoms with Crippen LogP contribution in [0.15, 0.2) is 255 Å². The first-order valence-corrected chi connectivity index (χ1v) is 23.7. The van der Waals surface area contributed by atoms with Gasteiger partial charge < -0.3 is 0 Å². The second kappa shape index (κ2) is 17.3. The van der Waals surface area contributed by atoms with Crippen molar-refractivity contribution < 1.29 is 0 Å². The molecule has 0 aliphatic heterocycles. The Balaban J connectivity index is 1.21. The number of rotatable bonds is 8. The van der Waals surface area contributed by atoms with E-state index in [1.54, 1.807) is 0 Å². The predicted molar refractivity (Wildman–Crippen MR) is 293 cm³/mol. The maximum atomic E-state index is 2.48. The molecule has 0 spiro atoms. The van der Waals surface area contributed by atoms with Gasteiger partial charge in [0.1, 0.15) is 0 Å². The quantitative estimate of drug-likeness (QED) is 0.134. The molecule has 0 atom stereocenters. The van der Waals surface area contributed by atoms with Crippen molar-refractivity contribution in [3.05, 3.63) is 271 Å². The largest absolute Gasteiger partial charge is 0.0791 e. The normalized spacial score (nSPS) is 11.8. The molecule has 12 rings (SSSR count). The first-order valence-electron chi connectivity index (χ1n) is 23.7. The minimum absolute atomic E-state index is 1.17. The van der Waals surface area contributed by atoms with E-state index in [2.05, 4.69) is 269 Å². The molecule has 0 saturated carbocycles. The van der Waals surface area contributed by atoms with E-state index in [9.17, 15) is 0 Å². The third-order valence-electron chi connectivity index (χ3n) is 14.0. The standard InChI is InChI=1S/C68H48/c1-3-53(54-34-18-16-23-45(54)2)67-57-36-20-21-37-58(57)68(56-38-22-33-46-24-17-19-35-55(46)56)62-44-52(40-42-60(62)67)51-39-41-59-61(43-51)64(48-27-10-5-11-28-48)66(50-31-14-7-15-32-50)65(49-29-12-6-13-30-49)63(59)47-25-8-4-9-26-47/h3-44H,1-2H3/b53-3+. The van der Waals surface area contributed by atoms with E-state index in [1.165, 1.54) is 132 Å². The van der Waals surface area contributed by atoms with Gasteiger partial charge in [0.25, 0.3) is 0 Å². The van der Waals surface area contributed by atoms with E-state index in [1.807, 2.05) is 0 Å². The van der Waals surface area contributed by atoms with E-state index in [0.29, 0.717) is 0 Å². The van der Waals surface area contributed by atoms with Crippen molar-refractivity contribution in [2.24, 2.45) is 0 Å². The fraction of sp³-hybridized carbons (Fsp3) is 0.0294. The second-order valence-corrected chi connectivity index (χ2v) is 17.8. The van der Waals surface area contributed by atoms with Crippen LogP contribution in [0.4, 0.5) is 0 Å². The maximum absolute atomic E-state index is 2.48. The van der Waals surface area contributed by atoms with Crippen molar-refractivity contribution in [3.63, 3.8) is 0 Å². The third kappa shape index (κ3) is 6.93. The molecule has 0 saturated heterocycles. The average Bonchev–Trinajstić information content (AvgIpc) is 3.41. The van der Waals surface area contributed by atoms with Crippen LogP contribution < -0.4 is 0 Å². The fourth-order valence-electron chi connectivity index (χ4n) is 11.0. The van der Waals surface area contributed by atoms with Gasteiger partial charge in [0.05, 0.1) is 0 Å². The summed E-state index contributed by atoms with van der Waals surface area (Å²) < 4.78 is 0. The highest BCUT2D eigenvalue weighted by atomic mass is 14.3. The molecule has 0 unspecified atom stereocenters. The van der Waals surface area contributed by atoms with E-state index in [-0.39, 0.29) is 0 Å². The lowest BCUT2D eigenvalue weighted by Gasteiger charge is -2.25. The molecule has 0 heteroatoms. The van der Waals surface area contributed by atoms with E-state index in [0.717, 1.165) is 0 Å². The van der Waals surface area contributed by atoms with E-state index < -0.39 is 0 Å². The van der Waals surface area contributed by atoms with Crippen LogP contribution in [0.25, 0.3) is 115 Å². The molecular formula is C68H48. The maximum Gasteiger partial charge on any atom is -0.00141 e. The molecule has 0 radical (unpaired) electrons. The van der Waals surface area contributed by atoms with Gasteiger partial charge >= 0.3 is 0 Å². The number of benzene rings is 12. The summed E-state index contributed by atoms with van der Waals surface area (Å²) in [6.07, 6.45) is 2.31. The number of aryl methyl sites for hydroxylation is 1. The molecule has 12 aromatic carbocycles. The summed E-state index contributed by atoms with van der Waals surface area (Å²) in [7, 11) is 0. The van der Waals surface area contributed by atoms with Gasteiger partial charge in [-0.15, -0.1) is 0 Å². The molecule has 0 heterocycles. The zero-order chi connectivity index (χ0) is 45.6. The van der Waals surface area contributed by atoms with Gasteiger partial charge in [-0.05, 0) is 158 Å². The van der Waals surface area contributed by atoms with Gasteiger partial charge in [-0.3, -0.25) is 0 Å². The molecule has 0 bridgehead atoms. The number of hydrogen-bond acceptors (Lipinski definition) is 0. The molecule has 320 valence electrons. The smallest absolute Gasteiger partial charge is 0.00141 e. The topological polar surface area (TPSA) is 0 Å². The first kappa shape index (κ1) is 40.9. The highest BCUT2D eigenvalue weighted by Crippen LogP contribution is 2.52. The summed E-state index contributed by atoms with van der Waals surface area (Å²) in [5.41, 5.74) is 19.6. The van der Waals surface area contributed by atoms with Crippen molar-refractivity contribution in [1.29, 1.82) is 0 Å². The Kier molecular flexibility index (Phi) is 10.4. The molecular weight excluding hydrogens is 817 g/mol. The summed E-state index contributed by atoms with van der Waals surface area (Å²) in [5, 5.41) is 9.89. The molecule has 0 aromatic heterocycles. The number of allylic oxidation sites excluding steroid dienone is 1. The first-order chi connectivity index (χ1) is 33.7. The minimum Gasteiger partial charge on any atom is -0.0791 e. The van der Waals surface area contributed by atoms with E-state index >= 15 is 0 Å². The Morgan fingerprint density at radius 1 is 0.294 bits per heavy atom. The molecule has 0 aliphatic rings. The van der Waals surface area contributed by atoms with Crippen molar-refractivity contribution >= 4 is 48.7 Å². The Labute approximate surface area is 398 Å². The van der Waals surface area contributed by atoms with Crippen molar-refractivity contribution in [2.75, 3.05) is 0 Å². The molecule has 68 heavy (non-hydrogen) atoms. The van der Waals surface area contributed by atoms with Crippen LogP contribution in [0.2, 0.25) is 0 Å². The lowest BCUT2D eigenvalue weighted by Crippen LogP contribution is -1.98. The minimum atomic E-state index is 1.17. The van der Waals surface area contributed by atoms with Crippen molar-refractivity contribution in [3.8, 4) is 66.8 Å². The summed E-state index contributed by atoms with van der Waals surface area (Å²) in [4.78, 5) is 0. The van der Waals surface area contributed by atoms with Crippen molar-refractivity contribution in [2.45, 2.75) is 13.8 Å². The SMILES string of the molecule is C/C=C(\c1ccccc1C)c1c2ccccc2c(-c2cccc3ccccc23)c2cc(-c3ccc4c(-c5ccccc5)c(-c5ccccc5)c(-c5ccccc5)c(-c5ccccc5)c4c3)ccc12. The van der Waals surface area contributed by atoms with Crippen molar-refractivity contribution in [1.82, 2.24) is 0 Å². The van der Waals surface area contributed by atoms with Crippen LogP contribution in [-0.2, 0) is 0 Å². The van der Waals surface area contributed by atoms with Gasteiger partial charge in [0.2, 0.25) is 0 Å². The summed E-state index contributed by atoms with van der Waals surface area (Å²) in [5.74, 6) is 0. The highest BCUT2D eigenvalue weighted by Gasteiger charge is 2.25. The van der Waals surface area contributed by atoms with Crippen LogP contribution in [0.1, 0.15) is 23.6 Å². The highest BCUT2D eigenvalue weighted by molar-refractivity contribution is 6.23.